The predicted octanol–water partition coefficient (Wildman–Crippen LogP) is 2.54. The summed E-state index contributed by atoms with van der Waals surface area (Å²) in [6, 6.07) is 9.72. The molecule has 150 valence electrons. The van der Waals surface area contributed by atoms with Crippen molar-refractivity contribution in [2.75, 3.05) is 25.1 Å². The fraction of sp³-hybridized carbons (Fsp3) is 0.333. The van der Waals surface area contributed by atoms with E-state index in [9.17, 15) is 22.9 Å². The van der Waals surface area contributed by atoms with Gasteiger partial charge in [-0.25, -0.2) is 17.9 Å². The van der Waals surface area contributed by atoms with E-state index in [1.807, 2.05) is 6.07 Å². The van der Waals surface area contributed by atoms with Crippen LogP contribution < -0.4 is 10.5 Å². The third-order valence-electron chi connectivity index (χ3n) is 4.99. The third kappa shape index (κ3) is 4.29. The maximum absolute atomic E-state index is 13.8. The number of nitrogens with two attached hydrogens (primary N) is 1. The number of rotatable bonds is 6. The molecule has 0 atom stereocenters. The zero-order chi connectivity index (χ0) is 20.4. The number of nitro benzene ring substituents is 1. The minimum atomic E-state index is -4.19. The molecule has 2 aromatic rings. The molecule has 8 nitrogen and oxygen atoms in total. The summed E-state index contributed by atoms with van der Waals surface area (Å²) >= 11 is 0. The van der Waals surface area contributed by atoms with Crippen LogP contribution in [0.1, 0.15) is 18.4 Å². The van der Waals surface area contributed by atoms with Gasteiger partial charge in [-0.3, -0.25) is 10.1 Å². The maximum Gasteiger partial charge on any atom is 0.270 e. The minimum absolute atomic E-state index is 0.162. The lowest BCUT2D eigenvalue weighted by Crippen LogP contribution is -2.40. The van der Waals surface area contributed by atoms with Crippen LogP contribution in [0.3, 0.4) is 0 Å². The number of non-ortho nitro benzene ring substituents is 1. The zero-order valence-corrected chi connectivity index (χ0v) is 15.7. The van der Waals surface area contributed by atoms with E-state index in [4.69, 9.17) is 9.88 Å². The average Bonchev–Trinajstić information content (AvgIpc) is 2.66. The van der Waals surface area contributed by atoms with Gasteiger partial charge in [0.1, 0.15) is 10.7 Å². The summed E-state index contributed by atoms with van der Waals surface area (Å²) in [4.78, 5) is 9.92. The van der Waals surface area contributed by atoms with Gasteiger partial charge in [-0.15, -0.1) is 0 Å². The Labute approximate surface area is 161 Å². The lowest BCUT2D eigenvalue weighted by atomic mass is 9.74. The second-order valence-corrected chi connectivity index (χ2v) is 8.27. The Morgan fingerprint density at radius 3 is 2.54 bits per heavy atom. The molecule has 0 saturated carbocycles. The van der Waals surface area contributed by atoms with E-state index >= 15 is 0 Å². The number of nitrogens with zero attached hydrogens (tertiary/aromatic N) is 1. The van der Waals surface area contributed by atoms with Crippen molar-refractivity contribution in [3.8, 4) is 0 Å². The largest absolute Gasteiger partial charge is 0.383 e. The number of nitro groups is 1. The molecule has 1 fully saturated rings. The van der Waals surface area contributed by atoms with Gasteiger partial charge in [-0.2, -0.15) is 0 Å². The fourth-order valence-electron chi connectivity index (χ4n) is 3.42. The molecule has 0 amide bonds. The van der Waals surface area contributed by atoms with Crippen molar-refractivity contribution in [3.63, 3.8) is 0 Å². The molecule has 0 radical (unpaired) electrons. The monoisotopic (exact) mass is 409 g/mol. The summed E-state index contributed by atoms with van der Waals surface area (Å²) in [7, 11) is -4.19. The van der Waals surface area contributed by atoms with E-state index in [0.717, 1.165) is 11.6 Å². The molecule has 1 heterocycles. The van der Waals surface area contributed by atoms with Crippen molar-refractivity contribution < 1.29 is 22.5 Å². The molecule has 0 aromatic heterocycles. The van der Waals surface area contributed by atoms with Gasteiger partial charge < -0.3 is 10.1 Å². The molecule has 1 aliphatic rings. The van der Waals surface area contributed by atoms with Crippen molar-refractivity contribution in [1.82, 2.24) is 0 Å². The molecule has 0 bridgehead atoms. The van der Waals surface area contributed by atoms with Gasteiger partial charge in [-0.05, 0) is 36.6 Å². The second kappa shape index (κ2) is 7.82. The predicted molar refractivity (Wildman–Crippen MR) is 101 cm³/mol. The van der Waals surface area contributed by atoms with Crippen molar-refractivity contribution in [1.29, 1.82) is 0 Å². The first-order valence-electron chi connectivity index (χ1n) is 8.60. The van der Waals surface area contributed by atoms with Crippen LogP contribution >= 0.6 is 0 Å². The highest BCUT2D eigenvalue weighted by atomic mass is 32.2. The zero-order valence-electron chi connectivity index (χ0n) is 14.9. The number of anilines is 1. The Bertz CT molecular complexity index is 990. The van der Waals surface area contributed by atoms with Crippen LogP contribution in [-0.2, 0) is 20.2 Å². The summed E-state index contributed by atoms with van der Waals surface area (Å²) in [6.07, 6.45) is 1.22. The topological polar surface area (TPSA) is 125 Å². The van der Waals surface area contributed by atoms with E-state index in [0.29, 0.717) is 32.6 Å². The summed E-state index contributed by atoms with van der Waals surface area (Å²) in [5.74, 6) is -0.357. The molecule has 0 spiro atoms. The highest BCUT2D eigenvalue weighted by Crippen LogP contribution is 2.36. The molecule has 3 N–H and O–H groups in total. The van der Waals surface area contributed by atoms with Crippen molar-refractivity contribution >= 4 is 21.4 Å². The second-order valence-electron chi connectivity index (χ2n) is 6.74. The minimum Gasteiger partial charge on any atom is -0.383 e. The standard InChI is InChI=1S/C18H20FN3O5S/c19-14-3-1-2-13(10-14)18(6-8-27-9-7-18)12-21-16-5-4-15(22(23)24)11-17(16)28(20,25)26/h1-5,10-11,21H,6-9,12H2,(H2,20,25,26). The highest BCUT2D eigenvalue weighted by molar-refractivity contribution is 7.89. The molecule has 2 aromatic carbocycles. The van der Waals surface area contributed by atoms with E-state index in [1.165, 1.54) is 24.3 Å². The molecule has 1 aliphatic heterocycles. The van der Waals surface area contributed by atoms with E-state index < -0.39 is 20.4 Å². The smallest absolute Gasteiger partial charge is 0.270 e. The molecular formula is C18H20FN3O5S. The van der Waals surface area contributed by atoms with Gasteiger partial charge in [0.05, 0.1) is 10.6 Å². The average molecular weight is 409 g/mol. The lowest BCUT2D eigenvalue weighted by Gasteiger charge is -2.38. The summed E-state index contributed by atoms with van der Waals surface area (Å²) in [5, 5.41) is 19.3. The third-order valence-corrected chi connectivity index (χ3v) is 5.94. The van der Waals surface area contributed by atoms with E-state index in [-0.39, 0.29) is 22.1 Å². The number of primary sulfonamides is 1. The first-order chi connectivity index (χ1) is 13.2. The highest BCUT2D eigenvalue weighted by Gasteiger charge is 2.35. The van der Waals surface area contributed by atoms with Crippen LogP contribution in [0, 0.1) is 15.9 Å². The van der Waals surface area contributed by atoms with Gasteiger partial charge in [0.15, 0.2) is 0 Å². The van der Waals surface area contributed by atoms with Crippen molar-refractivity contribution in [2.24, 2.45) is 5.14 Å². The normalized spacial score (nSPS) is 16.5. The first-order valence-corrected chi connectivity index (χ1v) is 10.1. The number of hydrogen-bond donors (Lipinski definition) is 2. The molecule has 0 unspecified atom stereocenters. The Morgan fingerprint density at radius 2 is 1.93 bits per heavy atom. The molecule has 10 heteroatoms. The lowest BCUT2D eigenvalue weighted by molar-refractivity contribution is -0.385. The molecule has 0 aliphatic carbocycles. The number of hydrogen-bond acceptors (Lipinski definition) is 6. The molecule has 3 rings (SSSR count). The van der Waals surface area contributed by atoms with E-state index in [1.54, 1.807) is 6.07 Å². The van der Waals surface area contributed by atoms with Gasteiger partial charge in [0, 0.05) is 37.3 Å². The SMILES string of the molecule is NS(=O)(=O)c1cc([N+](=O)[O-])ccc1NCC1(c2cccc(F)c2)CCOCC1. The first kappa shape index (κ1) is 20.2. The summed E-state index contributed by atoms with van der Waals surface area (Å²) < 4.78 is 43.1. The van der Waals surface area contributed by atoms with Crippen LogP contribution in [0.15, 0.2) is 47.4 Å². The number of nitrogens with one attached hydrogen (secondary N) is 1. The summed E-state index contributed by atoms with van der Waals surface area (Å²) in [6.45, 7) is 1.27. The Hall–Kier alpha value is -2.56. The van der Waals surface area contributed by atoms with E-state index in [2.05, 4.69) is 5.32 Å². The quantitative estimate of drug-likeness (QED) is 0.558. The van der Waals surface area contributed by atoms with Crippen molar-refractivity contribution in [3.05, 3.63) is 64.0 Å². The van der Waals surface area contributed by atoms with Crippen LogP contribution in [0.5, 0.6) is 0 Å². The van der Waals surface area contributed by atoms with Crippen LogP contribution in [0.25, 0.3) is 0 Å². The Morgan fingerprint density at radius 1 is 1.21 bits per heavy atom. The van der Waals surface area contributed by atoms with Gasteiger partial charge in [0.25, 0.3) is 5.69 Å². The summed E-state index contributed by atoms with van der Waals surface area (Å²) in [5.41, 5.74) is 0.0933. The maximum atomic E-state index is 13.8. The Kier molecular flexibility index (Phi) is 5.64. The number of ether oxygens (including phenoxy) is 1. The van der Waals surface area contributed by atoms with Crippen molar-refractivity contribution in [2.45, 2.75) is 23.2 Å². The molecule has 1 saturated heterocycles. The Balaban J connectivity index is 1.95. The molecule has 28 heavy (non-hydrogen) atoms. The number of halogens is 1. The fourth-order valence-corrected chi connectivity index (χ4v) is 4.15. The number of benzene rings is 2. The van der Waals surface area contributed by atoms with Crippen LogP contribution in [0.2, 0.25) is 0 Å². The van der Waals surface area contributed by atoms with Gasteiger partial charge in [0.2, 0.25) is 10.0 Å². The van der Waals surface area contributed by atoms with Crippen LogP contribution in [-0.4, -0.2) is 33.1 Å². The number of sulfonamides is 1. The van der Waals surface area contributed by atoms with Crippen LogP contribution in [0.4, 0.5) is 15.8 Å². The van der Waals surface area contributed by atoms with Gasteiger partial charge in [-0.1, -0.05) is 12.1 Å². The van der Waals surface area contributed by atoms with Gasteiger partial charge >= 0.3 is 0 Å². The molecular weight excluding hydrogens is 389 g/mol.